The summed E-state index contributed by atoms with van der Waals surface area (Å²) >= 11 is 5.85. The first kappa shape index (κ1) is 18.5. The molecule has 136 valence electrons. The quantitative estimate of drug-likeness (QED) is 0.523. The fourth-order valence-corrected chi connectivity index (χ4v) is 2.38. The number of amides is 1. The molecule has 3 aromatic rings. The van der Waals surface area contributed by atoms with Crippen molar-refractivity contribution in [3.63, 3.8) is 0 Å². The van der Waals surface area contributed by atoms with Gasteiger partial charge in [-0.2, -0.15) is 0 Å². The van der Waals surface area contributed by atoms with Crippen LogP contribution in [0.5, 0.6) is 0 Å². The van der Waals surface area contributed by atoms with Gasteiger partial charge in [-0.05, 0) is 54.1 Å². The summed E-state index contributed by atoms with van der Waals surface area (Å²) in [5.74, 6) is -0.555. The van der Waals surface area contributed by atoms with Crippen molar-refractivity contribution in [1.29, 1.82) is 0 Å². The van der Waals surface area contributed by atoms with Gasteiger partial charge in [0.25, 0.3) is 5.91 Å². The number of anilines is 1. The fraction of sp³-hybridized carbons (Fsp3) is 0.0500. The van der Waals surface area contributed by atoms with Crippen molar-refractivity contribution in [2.45, 2.75) is 6.54 Å². The Balaban J connectivity index is 1.79. The van der Waals surface area contributed by atoms with Gasteiger partial charge in [-0.15, -0.1) is 0 Å². The highest BCUT2D eigenvalue weighted by atomic mass is 35.5. The lowest BCUT2D eigenvalue weighted by atomic mass is 10.2. The van der Waals surface area contributed by atoms with Crippen LogP contribution in [0.2, 0.25) is 5.02 Å². The van der Waals surface area contributed by atoms with Crippen molar-refractivity contribution in [2.75, 3.05) is 5.32 Å². The standard InChI is InChI=1S/C20H16ClFN4O/c21-16-8-6-15(7-9-16)19(27)26-20(24-13-14-3-2-10-23-12-14)25-18-5-1-4-17(22)11-18/h1-12H,13H2,(H2,24,25,26,27). The van der Waals surface area contributed by atoms with E-state index in [1.54, 1.807) is 54.9 Å². The molecular formula is C20H16ClFN4O. The van der Waals surface area contributed by atoms with E-state index in [-0.39, 0.29) is 11.9 Å². The second-order valence-electron chi connectivity index (χ2n) is 5.62. The van der Waals surface area contributed by atoms with E-state index in [1.807, 2.05) is 6.07 Å². The monoisotopic (exact) mass is 382 g/mol. The number of pyridine rings is 1. The molecule has 0 saturated carbocycles. The van der Waals surface area contributed by atoms with Crippen LogP contribution < -0.4 is 10.6 Å². The number of benzene rings is 2. The van der Waals surface area contributed by atoms with Crippen molar-refractivity contribution in [2.24, 2.45) is 4.99 Å². The van der Waals surface area contributed by atoms with Gasteiger partial charge in [0.15, 0.2) is 0 Å². The van der Waals surface area contributed by atoms with Gasteiger partial charge in [0.2, 0.25) is 5.96 Å². The second-order valence-corrected chi connectivity index (χ2v) is 6.06. The maximum absolute atomic E-state index is 13.4. The number of aliphatic imine (C=N–C) groups is 1. The van der Waals surface area contributed by atoms with E-state index < -0.39 is 5.82 Å². The molecule has 0 aliphatic carbocycles. The maximum Gasteiger partial charge on any atom is 0.257 e. The van der Waals surface area contributed by atoms with Crippen molar-refractivity contribution < 1.29 is 9.18 Å². The summed E-state index contributed by atoms with van der Waals surface area (Å²) in [5.41, 5.74) is 1.77. The number of nitrogens with zero attached hydrogens (tertiary/aromatic N) is 2. The van der Waals surface area contributed by atoms with Gasteiger partial charge in [0, 0.05) is 28.7 Å². The average Bonchev–Trinajstić information content (AvgIpc) is 2.67. The van der Waals surface area contributed by atoms with Crippen molar-refractivity contribution >= 4 is 29.2 Å². The maximum atomic E-state index is 13.4. The van der Waals surface area contributed by atoms with Crippen LogP contribution in [0.3, 0.4) is 0 Å². The topological polar surface area (TPSA) is 66.4 Å². The molecule has 2 N–H and O–H groups in total. The van der Waals surface area contributed by atoms with Gasteiger partial charge >= 0.3 is 0 Å². The molecule has 0 bridgehead atoms. The number of rotatable bonds is 4. The van der Waals surface area contributed by atoms with E-state index in [2.05, 4.69) is 20.6 Å². The predicted octanol–water partition coefficient (Wildman–Crippen LogP) is 4.27. The smallest absolute Gasteiger partial charge is 0.257 e. The predicted molar refractivity (Wildman–Crippen MR) is 104 cm³/mol. The van der Waals surface area contributed by atoms with Gasteiger partial charge in [-0.25, -0.2) is 9.38 Å². The average molecular weight is 383 g/mol. The molecule has 0 saturated heterocycles. The Kier molecular flexibility index (Phi) is 6.12. The Bertz CT molecular complexity index is 946. The van der Waals surface area contributed by atoms with Crippen molar-refractivity contribution in [3.05, 3.63) is 95.0 Å². The Labute approximate surface area is 160 Å². The molecule has 3 rings (SSSR count). The number of aromatic nitrogens is 1. The number of hydrogen-bond acceptors (Lipinski definition) is 3. The molecule has 1 aromatic heterocycles. The molecule has 1 heterocycles. The first-order chi connectivity index (χ1) is 13.1. The third kappa shape index (κ3) is 5.62. The number of guanidine groups is 1. The van der Waals surface area contributed by atoms with Crippen LogP contribution in [0.25, 0.3) is 0 Å². The lowest BCUT2D eigenvalue weighted by molar-refractivity contribution is 0.0977. The van der Waals surface area contributed by atoms with Gasteiger partial charge < -0.3 is 5.32 Å². The highest BCUT2D eigenvalue weighted by molar-refractivity contribution is 6.30. The SMILES string of the molecule is O=C(NC(=NCc1cccnc1)Nc1cccc(F)c1)c1ccc(Cl)cc1. The third-order valence-corrected chi connectivity index (χ3v) is 3.82. The molecular weight excluding hydrogens is 367 g/mol. The molecule has 0 spiro atoms. The van der Waals surface area contributed by atoms with Crippen LogP contribution in [0.1, 0.15) is 15.9 Å². The minimum Gasteiger partial charge on any atom is -0.326 e. The Hall–Kier alpha value is -3.25. The van der Waals surface area contributed by atoms with Gasteiger partial charge in [0.05, 0.1) is 6.54 Å². The Morgan fingerprint density at radius 2 is 1.93 bits per heavy atom. The molecule has 0 aliphatic heterocycles. The highest BCUT2D eigenvalue weighted by Gasteiger charge is 2.10. The molecule has 27 heavy (non-hydrogen) atoms. The summed E-state index contributed by atoms with van der Waals surface area (Å²) in [6, 6.07) is 16.0. The second kappa shape index (κ2) is 8.91. The summed E-state index contributed by atoms with van der Waals surface area (Å²) < 4.78 is 13.4. The first-order valence-corrected chi connectivity index (χ1v) is 8.51. The van der Waals surface area contributed by atoms with E-state index in [4.69, 9.17) is 11.6 Å². The summed E-state index contributed by atoms with van der Waals surface area (Å²) in [6.07, 6.45) is 3.35. The van der Waals surface area contributed by atoms with E-state index >= 15 is 0 Å². The summed E-state index contributed by atoms with van der Waals surface area (Å²) in [6.45, 7) is 0.298. The van der Waals surface area contributed by atoms with E-state index in [9.17, 15) is 9.18 Å². The minimum atomic E-state index is -0.393. The van der Waals surface area contributed by atoms with Crippen LogP contribution in [0.15, 0.2) is 78.0 Å². The van der Waals surface area contributed by atoms with Crippen LogP contribution in [0.4, 0.5) is 10.1 Å². The molecule has 0 atom stereocenters. The number of hydrogen-bond donors (Lipinski definition) is 2. The number of carbonyl (C=O) groups excluding carboxylic acids is 1. The van der Waals surface area contributed by atoms with E-state index in [1.165, 1.54) is 12.1 Å². The Morgan fingerprint density at radius 3 is 2.63 bits per heavy atom. The summed E-state index contributed by atoms with van der Waals surface area (Å²) in [7, 11) is 0. The highest BCUT2D eigenvalue weighted by Crippen LogP contribution is 2.11. The fourth-order valence-electron chi connectivity index (χ4n) is 2.26. The van der Waals surface area contributed by atoms with Crippen LogP contribution >= 0.6 is 11.6 Å². The number of carbonyl (C=O) groups is 1. The zero-order valence-corrected chi connectivity index (χ0v) is 14.9. The normalized spacial score (nSPS) is 11.1. The van der Waals surface area contributed by atoms with Gasteiger partial charge in [0.1, 0.15) is 5.82 Å². The summed E-state index contributed by atoms with van der Waals surface area (Å²) in [4.78, 5) is 20.9. The zero-order valence-electron chi connectivity index (χ0n) is 14.2. The molecule has 0 radical (unpaired) electrons. The van der Waals surface area contributed by atoms with Crippen molar-refractivity contribution in [1.82, 2.24) is 10.3 Å². The largest absolute Gasteiger partial charge is 0.326 e. The van der Waals surface area contributed by atoms with E-state index in [0.29, 0.717) is 22.8 Å². The zero-order chi connectivity index (χ0) is 19.1. The van der Waals surface area contributed by atoms with Crippen LogP contribution in [-0.2, 0) is 6.54 Å². The lowest BCUT2D eigenvalue weighted by Crippen LogP contribution is -2.36. The minimum absolute atomic E-state index is 0.199. The van der Waals surface area contributed by atoms with Crippen molar-refractivity contribution in [3.8, 4) is 0 Å². The van der Waals surface area contributed by atoms with Crippen LogP contribution in [-0.4, -0.2) is 16.9 Å². The van der Waals surface area contributed by atoms with Gasteiger partial charge in [-0.1, -0.05) is 23.7 Å². The first-order valence-electron chi connectivity index (χ1n) is 8.13. The van der Waals surface area contributed by atoms with E-state index in [0.717, 1.165) is 5.56 Å². The van der Waals surface area contributed by atoms with Crippen LogP contribution in [0, 0.1) is 5.82 Å². The lowest BCUT2D eigenvalue weighted by Gasteiger charge is -2.12. The molecule has 7 heteroatoms. The molecule has 5 nitrogen and oxygen atoms in total. The Morgan fingerprint density at radius 1 is 1.11 bits per heavy atom. The third-order valence-electron chi connectivity index (χ3n) is 3.57. The molecule has 0 unspecified atom stereocenters. The summed E-state index contributed by atoms with van der Waals surface area (Å²) in [5, 5.41) is 6.18. The molecule has 0 fully saturated rings. The number of halogens is 2. The molecule has 1 amide bonds. The molecule has 0 aliphatic rings. The number of nitrogens with one attached hydrogen (secondary N) is 2. The molecule has 2 aromatic carbocycles. The van der Waals surface area contributed by atoms with Gasteiger partial charge in [-0.3, -0.25) is 15.1 Å².